The van der Waals surface area contributed by atoms with Crippen LogP contribution in [-0.4, -0.2) is 18.4 Å². The lowest BCUT2D eigenvalue weighted by Crippen LogP contribution is -2.43. The highest BCUT2D eigenvalue weighted by molar-refractivity contribution is 5.87. The molecule has 3 heteroatoms. The van der Waals surface area contributed by atoms with Crippen molar-refractivity contribution in [1.82, 2.24) is 0 Å². The molecule has 0 spiro atoms. The zero-order chi connectivity index (χ0) is 15.0. The molecular formula is C18H26O3. The highest BCUT2D eigenvalue weighted by Gasteiger charge is 2.53. The third-order valence-electron chi connectivity index (χ3n) is 6.28. The molecular weight excluding hydrogens is 264 g/mol. The lowest BCUT2D eigenvalue weighted by atomic mass is 9.56. The fraction of sp³-hybridized carbons (Fsp3) is 0.778. The molecule has 3 nitrogen and oxygen atoms in total. The van der Waals surface area contributed by atoms with E-state index < -0.39 is 0 Å². The molecule has 3 rings (SSSR count). The van der Waals surface area contributed by atoms with E-state index in [1.807, 2.05) is 0 Å². The van der Waals surface area contributed by atoms with Crippen molar-refractivity contribution < 1.29 is 14.3 Å². The van der Waals surface area contributed by atoms with Gasteiger partial charge >= 0.3 is 5.97 Å². The molecule has 116 valence electrons. The summed E-state index contributed by atoms with van der Waals surface area (Å²) in [6.07, 6.45) is 9.76. The van der Waals surface area contributed by atoms with Gasteiger partial charge < -0.3 is 4.74 Å². The Morgan fingerprint density at radius 2 is 2.14 bits per heavy atom. The largest absolute Gasteiger partial charge is 0.462 e. The maximum absolute atomic E-state index is 12.2. The van der Waals surface area contributed by atoms with Crippen LogP contribution < -0.4 is 0 Å². The Balaban J connectivity index is 1.65. The van der Waals surface area contributed by atoms with Crippen molar-refractivity contribution in [2.75, 3.05) is 6.61 Å². The van der Waals surface area contributed by atoms with Gasteiger partial charge in [0.05, 0.1) is 0 Å². The molecule has 4 atom stereocenters. The molecule has 0 unspecified atom stereocenters. The molecule has 0 aliphatic heterocycles. The minimum Gasteiger partial charge on any atom is -0.462 e. The summed E-state index contributed by atoms with van der Waals surface area (Å²) in [5, 5.41) is 0. The fourth-order valence-corrected chi connectivity index (χ4v) is 5.08. The second-order valence-corrected chi connectivity index (χ2v) is 7.36. The monoisotopic (exact) mass is 290 g/mol. The number of Topliss-reactive ketones (excluding diaryl/α,β-unsaturated/α-hetero) is 1. The van der Waals surface area contributed by atoms with Crippen LogP contribution >= 0.6 is 0 Å². The lowest BCUT2D eigenvalue weighted by molar-refractivity contribution is -0.139. The maximum atomic E-state index is 12.2. The van der Waals surface area contributed by atoms with Crippen LogP contribution in [0.25, 0.3) is 0 Å². The second kappa shape index (κ2) is 5.58. The van der Waals surface area contributed by atoms with Crippen molar-refractivity contribution in [3.05, 3.63) is 11.6 Å². The zero-order valence-corrected chi connectivity index (χ0v) is 13.2. The van der Waals surface area contributed by atoms with Gasteiger partial charge in [0.2, 0.25) is 0 Å². The number of esters is 1. The Labute approximate surface area is 127 Å². The quantitative estimate of drug-likeness (QED) is 0.575. The van der Waals surface area contributed by atoms with Gasteiger partial charge in [0.1, 0.15) is 12.4 Å². The summed E-state index contributed by atoms with van der Waals surface area (Å²) in [5.74, 6) is 2.41. The van der Waals surface area contributed by atoms with E-state index in [4.69, 9.17) is 4.74 Å². The minimum atomic E-state index is -0.210. The van der Waals surface area contributed by atoms with Crippen LogP contribution in [0.3, 0.4) is 0 Å². The predicted molar refractivity (Wildman–Crippen MR) is 80.6 cm³/mol. The Kier molecular flexibility index (Phi) is 3.94. The van der Waals surface area contributed by atoms with Gasteiger partial charge in [0.15, 0.2) is 0 Å². The average molecular weight is 290 g/mol. The van der Waals surface area contributed by atoms with Crippen LogP contribution in [0, 0.1) is 23.2 Å². The summed E-state index contributed by atoms with van der Waals surface area (Å²) in [4.78, 5) is 23.0. The maximum Gasteiger partial charge on any atom is 0.302 e. The van der Waals surface area contributed by atoms with Gasteiger partial charge in [-0.05, 0) is 62.4 Å². The van der Waals surface area contributed by atoms with Gasteiger partial charge in [-0.1, -0.05) is 12.5 Å². The molecule has 3 aliphatic carbocycles. The van der Waals surface area contributed by atoms with Crippen LogP contribution in [0.15, 0.2) is 11.6 Å². The molecule has 0 bridgehead atoms. The second-order valence-electron chi connectivity index (χ2n) is 7.36. The van der Waals surface area contributed by atoms with Crippen LogP contribution in [0.1, 0.15) is 58.8 Å². The molecule has 0 saturated heterocycles. The summed E-state index contributed by atoms with van der Waals surface area (Å²) in [5.41, 5.74) is 1.44. The molecule has 0 aromatic heterocycles. The number of carbonyl (C=O) groups is 2. The number of ether oxygens (including phenoxy) is 1. The smallest absolute Gasteiger partial charge is 0.302 e. The number of allylic oxidation sites excluding steroid dienone is 1. The molecule has 3 saturated carbocycles. The average Bonchev–Trinajstić information content (AvgIpc) is 2.75. The molecule has 0 radical (unpaired) electrons. The van der Waals surface area contributed by atoms with Crippen LogP contribution in [0.4, 0.5) is 0 Å². The predicted octanol–water partition coefficient (Wildman–Crippen LogP) is 3.67. The van der Waals surface area contributed by atoms with E-state index in [0.29, 0.717) is 18.3 Å². The summed E-state index contributed by atoms with van der Waals surface area (Å²) < 4.78 is 5.02. The lowest BCUT2D eigenvalue weighted by Gasteiger charge is -2.48. The van der Waals surface area contributed by atoms with Crippen LogP contribution in [0.5, 0.6) is 0 Å². The van der Waals surface area contributed by atoms with E-state index in [-0.39, 0.29) is 11.4 Å². The molecule has 3 aliphatic rings. The van der Waals surface area contributed by atoms with E-state index in [1.165, 1.54) is 25.3 Å². The van der Waals surface area contributed by atoms with Crippen LogP contribution in [0.2, 0.25) is 0 Å². The first kappa shape index (κ1) is 14.8. The van der Waals surface area contributed by atoms with E-state index in [2.05, 4.69) is 13.0 Å². The number of rotatable bonds is 2. The number of carbonyl (C=O) groups excluding carboxylic acids is 2. The minimum absolute atomic E-state index is 0.0138. The number of hydrogen-bond acceptors (Lipinski definition) is 3. The summed E-state index contributed by atoms with van der Waals surface area (Å²) in [6.45, 7) is 4.09. The molecule has 21 heavy (non-hydrogen) atoms. The van der Waals surface area contributed by atoms with Crippen molar-refractivity contribution in [2.45, 2.75) is 58.8 Å². The Hall–Kier alpha value is -1.12. The van der Waals surface area contributed by atoms with Crippen LogP contribution in [-0.2, 0) is 14.3 Å². The first-order valence-corrected chi connectivity index (χ1v) is 8.35. The van der Waals surface area contributed by atoms with Crippen molar-refractivity contribution in [2.24, 2.45) is 23.2 Å². The Morgan fingerprint density at radius 3 is 2.90 bits per heavy atom. The van der Waals surface area contributed by atoms with Gasteiger partial charge in [0.25, 0.3) is 0 Å². The standard InChI is InChI=1S/C18H26O3/c1-12(19)21-10-8-13-3-4-15-14(11-13)7-9-18(2)16(15)5-6-17(18)20/h8,14-16H,3-7,9-11H2,1-2H3/t14-,15-,16+,18+/m1/s1. The van der Waals surface area contributed by atoms with Crippen molar-refractivity contribution in [3.63, 3.8) is 0 Å². The Morgan fingerprint density at radius 1 is 1.33 bits per heavy atom. The van der Waals surface area contributed by atoms with E-state index in [1.54, 1.807) is 0 Å². The first-order chi connectivity index (χ1) is 10.0. The molecule has 0 amide bonds. The van der Waals surface area contributed by atoms with E-state index in [0.717, 1.165) is 43.9 Å². The van der Waals surface area contributed by atoms with E-state index in [9.17, 15) is 9.59 Å². The summed E-state index contributed by atoms with van der Waals surface area (Å²) >= 11 is 0. The highest BCUT2D eigenvalue weighted by atomic mass is 16.5. The third kappa shape index (κ3) is 2.67. The summed E-state index contributed by atoms with van der Waals surface area (Å²) in [6, 6.07) is 0. The molecule has 0 heterocycles. The van der Waals surface area contributed by atoms with Gasteiger partial charge in [-0.25, -0.2) is 0 Å². The van der Waals surface area contributed by atoms with Gasteiger partial charge in [-0.2, -0.15) is 0 Å². The molecule has 3 fully saturated rings. The normalized spacial score (nSPS) is 40.8. The van der Waals surface area contributed by atoms with E-state index >= 15 is 0 Å². The Bertz CT molecular complexity index is 479. The topological polar surface area (TPSA) is 43.4 Å². The molecule has 0 aromatic rings. The molecule has 0 N–H and O–H groups in total. The zero-order valence-electron chi connectivity index (χ0n) is 13.2. The number of fused-ring (bicyclic) bond motifs is 3. The fourth-order valence-electron chi connectivity index (χ4n) is 5.08. The highest BCUT2D eigenvalue weighted by Crippen LogP contribution is 2.58. The number of hydrogen-bond donors (Lipinski definition) is 0. The number of ketones is 1. The van der Waals surface area contributed by atoms with Gasteiger partial charge in [-0.15, -0.1) is 0 Å². The first-order valence-electron chi connectivity index (χ1n) is 8.35. The van der Waals surface area contributed by atoms with Gasteiger partial charge in [-0.3, -0.25) is 9.59 Å². The summed E-state index contributed by atoms with van der Waals surface area (Å²) in [7, 11) is 0. The SMILES string of the molecule is CC(=O)OCC=C1CC[C@@H]2[C@H](CC[C@]3(C)C(=O)CC[C@@H]23)C1. The van der Waals surface area contributed by atoms with Gasteiger partial charge in [0, 0.05) is 18.8 Å². The van der Waals surface area contributed by atoms with Crippen molar-refractivity contribution >= 4 is 11.8 Å². The molecule has 0 aromatic carbocycles. The van der Waals surface area contributed by atoms with Crippen molar-refractivity contribution in [3.8, 4) is 0 Å². The van der Waals surface area contributed by atoms with Crippen molar-refractivity contribution in [1.29, 1.82) is 0 Å². The third-order valence-corrected chi connectivity index (χ3v) is 6.28.